The van der Waals surface area contributed by atoms with Gasteiger partial charge in [-0.25, -0.2) is 4.79 Å². The van der Waals surface area contributed by atoms with Crippen LogP contribution in [0, 0.1) is 6.92 Å². The summed E-state index contributed by atoms with van der Waals surface area (Å²) in [6.45, 7) is 10.9. The fourth-order valence-electron chi connectivity index (χ4n) is 4.26. The maximum atomic E-state index is 13.3. The Labute approximate surface area is 206 Å². The number of aliphatic hydroxyl groups excluding tert-OH is 1. The summed E-state index contributed by atoms with van der Waals surface area (Å²) in [6, 6.07) is 10.6. The largest absolute Gasteiger partial charge is 0.491 e. The first kappa shape index (κ1) is 24.9. The number of aryl methyl sites for hydroxylation is 1. The first-order chi connectivity index (χ1) is 16.5. The second-order valence-corrected chi connectivity index (χ2v) is 10.4. The highest BCUT2D eigenvalue weighted by atomic mass is 16.5. The number of carbonyl (C=O) groups excluding carboxylic acids is 2. The topological polar surface area (TPSA) is 97.3 Å². The van der Waals surface area contributed by atoms with Gasteiger partial charge in [-0.15, -0.1) is 0 Å². The molecule has 2 atom stereocenters. The molecule has 2 aliphatic heterocycles. The van der Waals surface area contributed by atoms with Crippen molar-refractivity contribution in [3.05, 3.63) is 53.1 Å². The van der Waals surface area contributed by atoms with Gasteiger partial charge in [0.05, 0.1) is 19.8 Å². The number of nitrogens with zero attached hydrogens (tertiary/aromatic N) is 1. The molecular formula is C27H34N2O6. The highest BCUT2D eigenvalue weighted by Crippen LogP contribution is 2.36. The molecule has 35 heavy (non-hydrogen) atoms. The number of rotatable bonds is 6. The number of fused-ring (bicyclic) bond motifs is 1. The van der Waals surface area contributed by atoms with Crippen LogP contribution in [0.25, 0.3) is 0 Å². The molecule has 0 aliphatic carbocycles. The van der Waals surface area contributed by atoms with Gasteiger partial charge in [0, 0.05) is 6.42 Å². The maximum Gasteiger partial charge on any atom is 0.325 e. The Morgan fingerprint density at radius 1 is 1.11 bits per heavy atom. The lowest BCUT2D eigenvalue weighted by Gasteiger charge is -2.24. The molecule has 2 aromatic rings. The maximum absolute atomic E-state index is 13.3. The van der Waals surface area contributed by atoms with Gasteiger partial charge in [-0.3, -0.25) is 9.69 Å². The summed E-state index contributed by atoms with van der Waals surface area (Å²) in [5, 5.41) is 13.3. The van der Waals surface area contributed by atoms with E-state index in [1.807, 2.05) is 19.1 Å². The van der Waals surface area contributed by atoms with Crippen LogP contribution in [-0.4, -0.2) is 54.4 Å². The molecule has 2 aliphatic rings. The molecule has 3 amide bonds. The number of aliphatic hydroxyl groups is 1. The Kier molecular flexibility index (Phi) is 6.68. The second kappa shape index (κ2) is 9.41. The lowest BCUT2D eigenvalue weighted by atomic mass is 9.86. The summed E-state index contributed by atoms with van der Waals surface area (Å²) in [5.41, 5.74) is 1.48. The van der Waals surface area contributed by atoms with Crippen molar-refractivity contribution in [2.75, 3.05) is 26.4 Å². The van der Waals surface area contributed by atoms with Gasteiger partial charge in [0.25, 0.3) is 5.91 Å². The first-order valence-electron chi connectivity index (χ1n) is 12.0. The summed E-state index contributed by atoms with van der Waals surface area (Å²) < 4.78 is 17.2. The van der Waals surface area contributed by atoms with E-state index in [4.69, 9.17) is 14.2 Å². The minimum Gasteiger partial charge on any atom is -0.491 e. The number of ether oxygens (including phenoxy) is 3. The quantitative estimate of drug-likeness (QED) is 0.610. The molecule has 2 heterocycles. The lowest BCUT2D eigenvalue weighted by molar-refractivity contribution is -0.132. The van der Waals surface area contributed by atoms with Crippen LogP contribution >= 0.6 is 0 Å². The molecule has 4 rings (SSSR count). The Morgan fingerprint density at radius 3 is 2.51 bits per heavy atom. The SMILES string of the molecule is Cc1cc(C(C)(C)C)ccc1OCC(O)CN1C(=O)NC(C)(c2ccc3c(c2)OCCCO3)C1=O. The lowest BCUT2D eigenvalue weighted by Crippen LogP contribution is -2.42. The number of benzene rings is 2. The summed E-state index contributed by atoms with van der Waals surface area (Å²) in [6.07, 6.45) is -0.275. The smallest absolute Gasteiger partial charge is 0.325 e. The van der Waals surface area contributed by atoms with Gasteiger partial charge in [-0.05, 0) is 54.2 Å². The van der Waals surface area contributed by atoms with Crippen molar-refractivity contribution >= 4 is 11.9 Å². The van der Waals surface area contributed by atoms with Crippen molar-refractivity contribution in [2.45, 2.75) is 58.1 Å². The minimum absolute atomic E-state index is 0.0232. The van der Waals surface area contributed by atoms with Crippen LogP contribution in [0.3, 0.4) is 0 Å². The molecule has 1 fully saturated rings. The van der Waals surface area contributed by atoms with Crippen molar-refractivity contribution in [1.29, 1.82) is 0 Å². The molecule has 8 heteroatoms. The molecule has 0 aromatic heterocycles. The van der Waals surface area contributed by atoms with Gasteiger partial charge in [0.15, 0.2) is 11.5 Å². The zero-order valence-electron chi connectivity index (χ0n) is 21.0. The standard InChI is InChI=1S/C27H34N2O6/c1-17-13-18(26(2,3)4)7-9-21(17)35-16-20(30)15-29-24(31)27(5,28-25(29)32)19-8-10-22-23(14-19)34-12-6-11-33-22/h7-10,13-14,20,30H,6,11-12,15-16H2,1-5H3,(H,28,32). The monoisotopic (exact) mass is 482 g/mol. The minimum atomic E-state index is -1.28. The Balaban J connectivity index is 1.42. The van der Waals surface area contributed by atoms with Crippen LogP contribution in [0.15, 0.2) is 36.4 Å². The van der Waals surface area contributed by atoms with E-state index in [1.165, 1.54) is 5.56 Å². The van der Waals surface area contributed by atoms with Gasteiger partial charge in [-0.2, -0.15) is 0 Å². The summed E-state index contributed by atoms with van der Waals surface area (Å²) in [7, 11) is 0. The number of amides is 3. The normalized spacial score (nSPS) is 20.9. The van der Waals surface area contributed by atoms with E-state index in [0.717, 1.165) is 16.9 Å². The highest BCUT2D eigenvalue weighted by Gasteiger charge is 2.49. The zero-order valence-corrected chi connectivity index (χ0v) is 21.0. The van der Waals surface area contributed by atoms with E-state index in [1.54, 1.807) is 25.1 Å². The molecule has 2 aromatic carbocycles. The third kappa shape index (κ3) is 5.07. The van der Waals surface area contributed by atoms with Crippen molar-refractivity contribution in [2.24, 2.45) is 0 Å². The fraction of sp³-hybridized carbons (Fsp3) is 0.481. The molecule has 0 radical (unpaired) electrons. The number of imide groups is 1. The third-order valence-electron chi connectivity index (χ3n) is 6.47. The number of hydrogen-bond acceptors (Lipinski definition) is 6. The van der Waals surface area contributed by atoms with E-state index in [-0.39, 0.29) is 18.6 Å². The number of β-amino-alcohol motifs (C(OH)–C–C–N with tert-alkyl or cyclic N) is 1. The summed E-state index contributed by atoms with van der Waals surface area (Å²) in [5.74, 6) is 1.37. The zero-order chi connectivity index (χ0) is 25.4. The van der Waals surface area contributed by atoms with Crippen LogP contribution in [0.5, 0.6) is 17.2 Å². The average molecular weight is 483 g/mol. The van der Waals surface area contributed by atoms with Gasteiger partial charge in [0.1, 0.15) is 24.0 Å². The van der Waals surface area contributed by atoms with Crippen LogP contribution in [0.1, 0.15) is 50.8 Å². The predicted octanol–water partition coefficient (Wildman–Crippen LogP) is 3.66. The van der Waals surface area contributed by atoms with Gasteiger partial charge < -0.3 is 24.6 Å². The molecule has 2 N–H and O–H groups in total. The van der Waals surface area contributed by atoms with E-state index in [9.17, 15) is 14.7 Å². The Morgan fingerprint density at radius 2 is 1.83 bits per heavy atom. The van der Waals surface area contributed by atoms with Crippen molar-refractivity contribution in [3.8, 4) is 17.2 Å². The average Bonchev–Trinajstić information content (AvgIpc) is 2.96. The predicted molar refractivity (Wildman–Crippen MR) is 131 cm³/mol. The number of carbonyl (C=O) groups is 2. The Hall–Kier alpha value is -3.26. The highest BCUT2D eigenvalue weighted by molar-refractivity contribution is 6.07. The fourth-order valence-corrected chi connectivity index (χ4v) is 4.26. The second-order valence-electron chi connectivity index (χ2n) is 10.4. The number of hydrogen-bond donors (Lipinski definition) is 2. The van der Waals surface area contributed by atoms with E-state index in [2.05, 4.69) is 32.2 Å². The molecule has 0 spiro atoms. The van der Waals surface area contributed by atoms with Crippen LogP contribution < -0.4 is 19.5 Å². The number of urea groups is 1. The number of nitrogens with one attached hydrogen (secondary N) is 1. The molecule has 8 nitrogen and oxygen atoms in total. The van der Waals surface area contributed by atoms with E-state index < -0.39 is 23.6 Å². The summed E-state index contributed by atoms with van der Waals surface area (Å²) in [4.78, 5) is 27.0. The van der Waals surface area contributed by atoms with E-state index in [0.29, 0.717) is 36.0 Å². The van der Waals surface area contributed by atoms with Crippen molar-refractivity contribution in [3.63, 3.8) is 0 Å². The molecule has 0 saturated carbocycles. The first-order valence-corrected chi connectivity index (χ1v) is 12.0. The molecule has 188 valence electrons. The van der Waals surface area contributed by atoms with Gasteiger partial charge in [-0.1, -0.05) is 39.0 Å². The van der Waals surface area contributed by atoms with Crippen molar-refractivity contribution < 1.29 is 28.9 Å². The van der Waals surface area contributed by atoms with Crippen molar-refractivity contribution in [1.82, 2.24) is 10.2 Å². The third-order valence-corrected chi connectivity index (χ3v) is 6.47. The molecule has 0 bridgehead atoms. The molecule has 1 saturated heterocycles. The summed E-state index contributed by atoms with van der Waals surface area (Å²) >= 11 is 0. The van der Waals surface area contributed by atoms with Gasteiger partial charge in [0.2, 0.25) is 0 Å². The van der Waals surface area contributed by atoms with Crippen LogP contribution in [0.2, 0.25) is 0 Å². The van der Waals surface area contributed by atoms with Crippen LogP contribution in [0.4, 0.5) is 4.79 Å². The molecule has 2 unspecified atom stereocenters. The van der Waals surface area contributed by atoms with Crippen LogP contribution in [-0.2, 0) is 15.7 Å². The molecular weight excluding hydrogens is 448 g/mol. The van der Waals surface area contributed by atoms with Gasteiger partial charge >= 0.3 is 6.03 Å². The Bertz CT molecular complexity index is 1130. The van der Waals surface area contributed by atoms with E-state index >= 15 is 0 Å².